The Morgan fingerprint density at radius 3 is 2.60 bits per heavy atom. The predicted octanol–water partition coefficient (Wildman–Crippen LogP) is 1.50. The van der Waals surface area contributed by atoms with Crippen LogP contribution < -0.4 is 5.32 Å². The fourth-order valence-electron chi connectivity index (χ4n) is 0.976. The molecule has 0 saturated heterocycles. The van der Waals surface area contributed by atoms with E-state index in [0.717, 1.165) is 18.6 Å². The number of hydrogen-bond acceptors (Lipinski definition) is 4. The van der Waals surface area contributed by atoms with Crippen LogP contribution in [0.3, 0.4) is 0 Å². The highest BCUT2D eigenvalue weighted by molar-refractivity contribution is 7.99. The van der Waals surface area contributed by atoms with Crippen molar-refractivity contribution in [1.29, 1.82) is 0 Å². The molecule has 0 fully saturated rings. The highest BCUT2D eigenvalue weighted by Crippen LogP contribution is 2.13. The van der Waals surface area contributed by atoms with E-state index in [9.17, 15) is 9.59 Å². The maximum absolute atomic E-state index is 10.7. The van der Waals surface area contributed by atoms with Crippen molar-refractivity contribution in [1.82, 2.24) is 5.32 Å². The van der Waals surface area contributed by atoms with Crippen molar-refractivity contribution in [3.05, 3.63) is 0 Å². The van der Waals surface area contributed by atoms with E-state index in [1.165, 1.54) is 6.92 Å². The molecule has 0 amide bonds. The molecular weight excluding hydrogens is 214 g/mol. The molecule has 0 aliphatic carbocycles. The van der Waals surface area contributed by atoms with Crippen molar-refractivity contribution in [2.75, 3.05) is 12.3 Å². The van der Waals surface area contributed by atoms with Crippen molar-refractivity contribution in [3.63, 3.8) is 0 Å². The van der Waals surface area contributed by atoms with Gasteiger partial charge in [-0.25, -0.2) is 0 Å². The number of ketones is 1. The first-order valence-electron chi connectivity index (χ1n) is 5.12. The molecule has 4 nitrogen and oxygen atoms in total. The van der Waals surface area contributed by atoms with Gasteiger partial charge in [0.25, 0.3) is 0 Å². The van der Waals surface area contributed by atoms with Gasteiger partial charge in [-0.2, -0.15) is 0 Å². The average Bonchev–Trinajstić information content (AvgIpc) is 2.13. The molecule has 2 N–H and O–H groups in total. The number of carbonyl (C=O) groups is 2. The van der Waals surface area contributed by atoms with Crippen LogP contribution in [0.4, 0.5) is 0 Å². The van der Waals surface area contributed by atoms with E-state index in [-0.39, 0.29) is 24.1 Å². The monoisotopic (exact) mass is 233 g/mol. The van der Waals surface area contributed by atoms with Gasteiger partial charge >= 0.3 is 5.97 Å². The molecule has 0 aromatic heterocycles. The molecule has 0 aromatic rings. The Bertz CT molecular complexity index is 209. The van der Waals surface area contributed by atoms with Crippen LogP contribution in [0.15, 0.2) is 0 Å². The van der Waals surface area contributed by atoms with E-state index >= 15 is 0 Å². The van der Waals surface area contributed by atoms with Gasteiger partial charge in [0.15, 0.2) is 0 Å². The van der Waals surface area contributed by atoms with Crippen molar-refractivity contribution < 1.29 is 14.7 Å². The molecule has 5 heteroatoms. The van der Waals surface area contributed by atoms with E-state index in [2.05, 4.69) is 12.2 Å². The number of thioether (sulfide) groups is 1. The summed E-state index contributed by atoms with van der Waals surface area (Å²) in [7, 11) is 0. The first-order chi connectivity index (χ1) is 7.06. The number of carboxylic acids is 1. The molecule has 1 atom stereocenters. The van der Waals surface area contributed by atoms with Gasteiger partial charge in [-0.05, 0) is 19.1 Å². The number of carbonyl (C=O) groups excluding carboxylic acids is 1. The Kier molecular flexibility index (Phi) is 8.41. The lowest BCUT2D eigenvalue weighted by Gasteiger charge is -2.15. The Labute approximate surface area is 94.8 Å². The maximum atomic E-state index is 10.7. The van der Waals surface area contributed by atoms with Crippen LogP contribution in [-0.2, 0) is 9.59 Å². The fourth-order valence-corrected chi connectivity index (χ4v) is 2.18. The number of carboxylic acid groups (broad SMARTS) is 1. The third-order valence-corrected chi connectivity index (χ3v) is 3.02. The smallest absolute Gasteiger partial charge is 0.305 e. The summed E-state index contributed by atoms with van der Waals surface area (Å²) in [6.45, 7) is 3.83. The summed E-state index contributed by atoms with van der Waals surface area (Å²) in [5.74, 6) is 0.126. The van der Waals surface area contributed by atoms with E-state index in [1.54, 1.807) is 11.8 Å². The van der Waals surface area contributed by atoms with E-state index < -0.39 is 5.97 Å². The van der Waals surface area contributed by atoms with Crippen LogP contribution in [0, 0.1) is 0 Å². The van der Waals surface area contributed by atoms with Gasteiger partial charge in [0.2, 0.25) is 0 Å². The summed E-state index contributed by atoms with van der Waals surface area (Å²) in [5.41, 5.74) is 0. The summed E-state index contributed by atoms with van der Waals surface area (Å²) in [6.07, 6.45) is 2.23. The standard InChI is InChI=1S/C10H19NO3S/c1-3-4-5-15-9(6-10(13)14)11-7-8(2)12/h9,11H,3-7H2,1-2H3,(H,13,14). The normalized spacial score (nSPS) is 12.4. The quantitative estimate of drug-likeness (QED) is 0.466. The zero-order valence-corrected chi connectivity index (χ0v) is 10.1. The third-order valence-electron chi connectivity index (χ3n) is 1.76. The summed E-state index contributed by atoms with van der Waals surface area (Å²) < 4.78 is 0. The number of hydrogen-bond donors (Lipinski definition) is 2. The number of nitrogens with one attached hydrogen (secondary N) is 1. The summed E-state index contributed by atoms with van der Waals surface area (Å²) >= 11 is 1.57. The molecule has 0 saturated carbocycles. The van der Waals surface area contributed by atoms with E-state index in [4.69, 9.17) is 5.11 Å². The van der Waals surface area contributed by atoms with Gasteiger partial charge < -0.3 is 5.11 Å². The van der Waals surface area contributed by atoms with Gasteiger partial charge in [-0.3, -0.25) is 14.9 Å². The van der Waals surface area contributed by atoms with Gasteiger partial charge in [-0.1, -0.05) is 13.3 Å². The molecule has 0 bridgehead atoms. The van der Waals surface area contributed by atoms with E-state index in [1.807, 2.05) is 0 Å². The van der Waals surface area contributed by atoms with Crippen molar-refractivity contribution in [3.8, 4) is 0 Å². The minimum Gasteiger partial charge on any atom is -0.481 e. The highest BCUT2D eigenvalue weighted by Gasteiger charge is 2.13. The summed E-state index contributed by atoms with van der Waals surface area (Å²) in [6, 6.07) is 0. The summed E-state index contributed by atoms with van der Waals surface area (Å²) in [5, 5.41) is 11.5. The molecule has 0 radical (unpaired) electrons. The lowest BCUT2D eigenvalue weighted by Crippen LogP contribution is -2.32. The topological polar surface area (TPSA) is 66.4 Å². The first kappa shape index (κ1) is 14.5. The molecule has 0 heterocycles. The minimum atomic E-state index is -0.833. The number of aliphatic carboxylic acids is 1. The van der Waals surface area contributed by atoms with Crippen LogP contribution in [0.5, 0.6) is 0 Å². The van der Waals surface area contributed by atoms with Crippen LogP contribution in [-0.4, -0.2) is 34.5 Å². The second kappa shape index (κ2) is 8.73. The molecule has 0 spiro atoms. The Morgan fingerprint density at radius 1 is 1.47 bits per heavy atom. The van der Waals surface area contributed by atoms with Crippen LogP contribution in [0.2, 0.25) is 0 Å². The van der Waals surface area contributed by atoms with Gasteiger partial charge in [0.05, 0.1) is 18.3 Å². The number of Topliss-reactive ketones (excluding diaryl/α,β-unsaturated/α-hetero) is 1. The molecule has 15 heavy (non-hydrogen) atoms. The third kappa shape index (κ3) is 9.75. The molecule has 88 valence electrons. The maximum Gasteiger partial charge on any atom is 0.305 e. The molecule has 0 aliphatic heterocycles. The number of unbranched alkanes of at least 4 members (excludes halogenated alkanes) is 1. The second-order valence-corrected chi connectivity index (χ2v) is 4.70. The molecule has 0 aliphatic rings. The molecule has 0 aromatic carbocycles. The van der Waals surface area contributed by atoms with Crippen LogP contribution in [0.1, 0.15) is 33.1 Å². The van der Waals surface area contributed by atoms with Crippen molar-refractivity contribution in [2.24, 2.45) is 0 Å². The minimum absolute atomic E-state index is 0.0291. The fraction of sp³-hybridized carbons (Fsp3) is 0.800. The molecule has 0 rings (SSSR count). The lowest BCUT2D eigenvalue weighted by molar-refractivity contribution is -0.137. The predicted molar refractivity (Wildman–Crippen MR) is 62.1 cm³/mol. The SMILES string of the molecule is CCCCSC(CC(=O)O)NCC(C)=O. The zero-order chi connectivity index (χ0) is 11.7. The molecule has 1 unspecified atom stereocenters. The average molecular weight is 233 g/mol. The van der Waals surface area contributed by atoms with Gasteiger partial charge in [0.1, 0.15) is 5.78 Å². The van der Waals surface area contributed by atoms with E-state index in [0.29, 0.717) is 0 Å². The largest absolute Gasteiger partial charge is 0.481 e. The first-order valence-corrected chi connectivity index (χ1v) is 6.17. The number of rotatable bonds is 9. The van der Waals surface area contributed by atoms with Gasteiger partial charge in [0, 0.05) is 0 Å². The van der Waals surface area contributed by atoms with Crippen molar-refractivity contribution in [2.45, 2.75) is 38.5 Å². The highest BCUT2D eigenvalue weighted by atomic mass is 32.2. The Morgan fingerprint density at radius 2 is 2.13 bits per heavy atom. The summed E-state index contributed by atoms with van der Waals surface area (Å²) in [4.78, 5) is 21.3. The van der Waals surface area contributed by atoms with Crippen LogP contribution >= 0.6 is 11.8 Å². The zero-order valence-electron chi connectivity index (χ0n) is 9.28. The second-order valence-electron chi connectivity index (χ2n) is 3.39. The van der Waals surface area contributed by atoms with Crippen LogP contribution in [0.25, 0.3) is 0 Å². The van der Waals surface area contributed by atoms with Gasteiger partial charge in [-0.15, -0.1) is 11.8 Å². The Hall–Kier alpha value is -0.550. The lowest BCUT2D eigenvalue weighted by atomic mass is 10.4. The van der Waals surface area contributed by atoms with Crippen molar-refractivity contribution >= 4 is 23.5 Å². The Balaban J connectivity index is 3.83. The molecular formula is C10H19NO3S.